The van der Waals surface area contributed by atoms with Crippen molar-refractivity contribution in [2.24, 2.45) is 0 Å². The summed E-state index contributed by atoms with van der Waals surface area (Å²) in [6, 6.07) is 15.5. The molecule has 0 spiro atoms. The van der Waals surface area contributed by atoms with Gasteiger partial charge in [0.25, 0.3) is 0 Å². The molecule has 0 aliphatic carbocycles. The van der Waals surface area contributed by atoms with Crippen LogP contribution in [0.2, 0.25) is 0 Å². The van der Waals surface area contributed by atoms with Gasteiger partial charge in [-0.15, -0.1) is 0 Å². The molecule has 2 aromatic rings. The van der Waals surface area contributed by atoms with E-state index in [4.69, 9.17) is 0 Å². The van der Waals surface area contributed by atoms with Crippen molar-refractivity contribution in [2.45, 2.75) is 26.7 Å². The van der Waals surface area contributed by atoms with Gasteiger partial charge >= 0.3 is 0 Å². The van der Waals surface area contributed by atoms with E-state index in [-0.39, 0.29) is 18.4 Å². The molecule has 26 heavy (non-hydrogen) atoms. The van der Waals surface area contributed by atoms with Crippen LogP contribution in [0.25, 0.3) is 0 Å². The van der Waals surface area contributed by atoms with Crippen LogP contribution >= 0.6 is 0 Å². The lowest BCUT2D eigenvalue weighted by molar-refractivity contribution is -0.120. The molecule has 1 aliphatic rings. The third-order valence-electron chi connectivity index (χ3n) is 4.71. The van der Waals surface area contributed by atoms with Crippen LogP contribution in [0.15, 0.2) is 48.5 Å². The highest BCUT2D eigenvalue weighted by atomic mass is 16.2. The summed E-state index contributed by atoms with van der Waals surface area (Å²) in [6.45, 7) is 5.59. The van der Waals surface area contributed by atoms with Crippen LogP contribution in [0.5, 0.6) is 0 Å². The maximum Gasteiger partial charge on any atom is 0.244 e. The smallest absolute Gasteiger partial charge is 0.244 e. The first-order chi connectivity index (χ1) is 12.5. The van der Waals surface area contributed by atoms with Crippen molar-refractivity contribution < 1.29 is 9.59 Å². The van der Waals surface area contributed by atoms with Crippen molar-refractivity contribution in [2.75, 3.05) is 34.8 Å². The third kappa shape index (κ3) is 4.23. The summed E-state index contributed by atoms with van der Waals surface area (Å²) < 4.78 is 0. The van der Waals surface area contributed by atoms with Crippen LogP contribution in [0.3, 0.4) is 0 Å². The second-order valence-corrected chi connectivity index (χ2v) is 6.68. The van der Waals surface area contributed by atoms with Crippen LogP contribution in [-0.4, -0.2) is 31.4 Å². The van der Waals surface area contributed by atoms with Crippen molar-refractivity contribution in [1.82, 2.24) is 0 Å². The molecule has 0 saturated carbocycles. The van der Waals surface area contributed by atoms with E-state index in [0.29, 0.717) is 0 Å². The molecule has 3 rings (SSSR count). The number of hydrogen-bond acceptors (Lipinski definition) is 3. The molecule has 1 fully saturated rings. The number of anilines is 3. The Morgan fingerprint density at radius 2 is 1.69 bits per heavy atom. The first-order valence-electron chi connectivity index (χ1n) is 9.03. The van der Waals surface area contributed by atoms with Crippen LogP contribution < -0.4 is 15.1 Å². The lowest BCUT2D eigenvalue weighted by Gasteiger charge is -2.22. The average molecular weight is 351 g/mol. The van der Waals surface area contributed by atoms with Gasteiger partial charge in [-0.05, 0) is 55.7 Å². The fourth-order valence-electron chi connectivity index (χ4n) is 3.31. The fourth-order valence-corrected chi connectivity index (χ4v) is 3.31. The first-order valence-corrected chi connectivity index (χ1v) is 9.03. The molecular weight excluding hydrogens is 326 g/mol. The molecule has 2 aromatic carbocycles. The molecule has 1 N–H and O–H groups in total. The normalized spacial score (nSPS) is 13.5. The molecule has 136 valence electrons. The van der Waals surface area contributed by atoms with Crippen molar-refractivity contribution in [3.63, 3.8) is 0 Å². The number of rotatable bonds is 5. The Bertz CT molecular complexity index is 780. The minimum Gasteiger partial charge on any atom is -0.372 e. The van der Waals surface area contributed by atoms with Crippen LogP contribution in [0, 0.1) is 6.92 Å². The van der Waals surface area contributed by atoms with Gasteiger partial charge in [0.2, 0.25) is 11.8 Å². The van der Waals surface area contributed by atoms with Gasteiger partial charge in [-0.3, -0.25) is 9.59 Å². The summed E-state index contributed by atoms with van der Waals surface area (Å²) in [4.78, 5) is 28.3. The van der Waals surface area contributed by atoms with Crippen molar-refractivity contribution in [1.29, 1.82) is 0 Å². The standard InChI is InChI=1S/C21H25N3O2/c1-16-7-3-4-8-20(16)24(17(2)25)15-21(26)22-18-9-11-19(12-10-18)23-13-5-6-14-23/h3-4,7-12H,5-6,13-15H2,1-2H3,(H,22,26). The number of amides is 2. The second-order valence-electron chi connectivity index (χ2n) is 6.68. The Morgan fingerprint density at radius 3 is 2.31 bits per heavy atom. The molecule has 5 heteroatoms. The molecule has 5 nitrogen and oxygen atoms in total. The van der Waals surface area contributed by atoms with E-state index in [1.54, 1.807) is 0 Å². The number of carbonyl (C=O) groups excluding carboxylic acids is 2. The molecule has 1 heterocycles. The lowest BCUT2D eigenvalue weighted by Crippen LogP contribution is -2.37. The highest BCUT2D eigenvalue weighted by Crippen LogP contribution is 2.23. The Kier molecular flexibility index (Phi) is 5.56. The SMILES string of the molecule is CC(=O)N(CC(=O)Nc1ccc(N2CCCC2)cc1)c1ccccc1C. The number of benzene rings is 2. The van der Waals surface area contributed by atoms with E-state index < -0.39 is 0 Å². The van der Waals surface area contributed by atoms with E-state index in [2.05, 4.69) is 10.2 Å². The fraction of sp³-hybridized carbons (Fsp3) is 0.333. The summed E-state index contributed by atoms with van der Waals surface area (Å²) >= 11 is 0. The number of hydrogen-bond donors (Lipinski definition) is 1. The highest BCUT2D eigenvalue weighted by molar-refractivity contribution is 6.02. The number of nitrogens with one attached hydrogen (secondary N) is 1. The second kappa shape index (κ2) is 8.04. The predicted molar refractivity (Wildman–Crippen MR) is 106 cm³/mol. The van der Waals surface area contributed by atoms with Crippen LogP contribution in [-0.2, 0) is 9.59 Å². The topological polar surface area (TPSA) is 52.7 Å². The highest BCUT2D eigenvalue weighted by Gasteiger charge is 2.17. The van der Waals surface area contributed by atoms with Gasteiger partial charge in [-0.25, -0.2) is 0 Å². The van der Waals surface area contributed by atoms with Gasteiger partial charge in [0.15, 0.2) is 0 Å². The van der Waals surface area contributed by atoms with Crippen LogP contribution in [0.4, 0.5) is 17.1 Å². The minimum absolute atomic E-state index is 0.00589. The van der Waals surface area contributed by atoms with E-state index in [0.717, 1.165) is 30.0 Å². The summed E-state index contributed by atoms with van der Waals surface area (Å²) in [5.41, 5.74) is 3.65. The predicted octanol–water partition coefficient (Wildman–Crippen LogP) is 3.59. The van der Waals surface area contributed by atoms with Crippen molar-refractivity contribution >= 4 is 28.9 Å². The summed E-state index contributed by atoms with van der Waals surface area (Å²) in [5, 5.41) is 2.88. The van der Waals surface area contributed by atoms with E-state index in [9.17, 15) is 9.59 Å². The molecule has 0 unspecified atom stereocenters. The molecule has 0 radical (unpaired) electrons. The third-order valence-corrected chi connectivity index (χ3v) is 4.71. The molecule has 0 atom stereocenters. The Morgan fingerprint density at radius 1 is 1.04 bits per heavy atom. The maximum absolute atomic E-state index is 12.4. The van der Waals surface area contributed by atoms with Crippen molar-refractivity contribution in [3.05, 3.63) is 54.1 Å². The van der Waals surface area contributed by atoms with Gasteiger partial charge in [0.05, 0.1) is 0 Å². The van der Waals surface area contributed by atoms with Gasteiger partial charge in [0.1, 0.15) is 6.54 Å². The number of aryl methyl sites for hydroxylation is 1. The Balaban J connectivity index is 1.65. The average Bonchev–Trinajstić information content (AvgIpc) is 3.15. The van der Waals surface area contributed by atoms with Crippen molar-refractivity contribution in [3.8, 4) is 0 Å². The number of para-hydroxylation sites is 1. The minimum atomic E-state index is -0.211. The monoisotopic (exact) mass is 351 g/mol. The van der Waals surface area contributed by atoms with E-state index >= 15 is 0 Å². The van der Waals surface area contributed by atoms with Crippen LogP contribution in [0.1, 0.15) is 25.3 Å². The maximum atomic E-state index is 12.4. The number of carbonyl (C=O) groups is 2. The quantitative estimate of drug-likeness (QED) is 0.896. The molecule has 2 amide bonds. The Labute approximate surface area is 154 Å². The summed E-state index contributed by atoms with van der Waals surface area (Å²) in [6.07, 6.45) is 2.47. The molecule has 0 bridgehead atoms. The van der Waals surface area contributed by atoms with Gasteiger partial charge in [-0.1, -0.05) is 18.2 Å². The van der Waals surface area contributed by atoms with Gasteiger partial charge in [0, 0.05) is 37.1 Å². The first kappa shape index (κ1) is 18.0. The zero-order valence-corrected chi connectivity index (χ0v) is 15.4. The number of nitrogens with zero attached hydrogens (tertiary/aromatic N) is 2. The molecule has 1 saturated heterocycles. The summed E-state index contributed by atoms with van der Waals surface area (Å²) in [5.74, 6) is -0.365. The zero-order valence-electron chi connectivity index (χ0n) is 15.4. The van der Waals surface area contributed by atoms with E-state index in [1.807, 2.05) is 55.5 Å². The lowest BCUT2D eigenvalue weighted by atomic mass is 10.2. The summed E-state index contributed by atoms with van der Waals surface area (Å²) in [7, 11) is 0. The molecular formula is C21H25N3O2. The van der Waals surface area contributed by atoms with Gasteiger partial charge in [-0.2, -0.15) is 0 Å². The molecule has 0 aromatic heterocycles. The van der Waals surface area contributed by atoms with E-state index in [1.165, 1.54) is 30.4 Å². The molecule has 1 aliphatic heterocycles. The zero-order chi connectivity index (χ0) is 18.5. The largest absolute Gasteiger partial charge is 0.372 e. The Hall–Kier alpha value is -2.82. The van der Waals surface area contributed by atoms with Gasteiger partial charge < -0.3 is 15.1 Å².